The molecule has 0 aliphatic heterocycles. The van der Waals surface area contributed by atoms with Gasteiger partial charge in [0, 0.05) is 31.0 Å². The summed E-state index contributed by atoms with van der Waals surface area (Å²) < 4.78 is 5.38. The summed E-state index contributed by atoms with van der Waals surface area (Å²) in [5.74, 6) is 0.607. The lowest BCUT2D eigenvalue weighted by atomic mass is 10.0. The van der Waals surface area contributed by atoms with Gasteiger partial charge in [-0.2, -0.15) is 0 Å². The summed E-state index contributed by atoms with van der Waals surface area (Å²) in [6.07, 6.45) is 1.25. The molecule has 2 aromatic carbocycles. The van der Waals surface area contributed by atoms with Gasteiger partial charge >= 0.3 is 0 Å². The Balaban J connectivity index is 1.78. The number of carbonyl (C=O) groups is 2. The van der Waals surface area contributed by atoms with E-state index in [1.54, 1.807) is 24.3 Å². The van der Waals surface area contributed by atoms with Crippen LogP contribution < -0.4 is 10.1 Å². The van der Waals surface area contributed by atoms with Crippen molar-refractivity contribution in [1.29, 1.82) is 0 Å². The van der Waals surface area contributed by atoms with E-state index < -0.39 is 0 Å². The minimum Gasteiger partial charge on any atom is -0.494 e. The van der Waals surface area contributed by atoms with E-state index in [1.807, 2.05) is 39.2 Å². The molecule has 1 amide bonds. The maximum atomic E-state index is 12.3. The van der Waals surface area contributed by atoms with Crippen molar-refractivity contribution in [3.63, 3.8) is 0 Å². The van der Waals surface area contributed by atoms with E-state index >= 15 is 0 Å². The van der Waals surface area contributed by atoms with Gasteiger partial charge < -0.3 is 15.0 Å². The SMILES string of the molecule is CCOc1ccc(C(=O)CCC(=O)NCC(Cc2ccccc2)N(C)C)cc1. The molecular formula is C23H30N2O3. The van der Waals surface area contributed by atoms with Gasteiger partial charge in [-0.15, -0.1) is 0 Å². The Kier molecular flexibility index (Phi) is 8.69. The number of likely N-dealkylation sites (N-methyl/N-ethyl adjacent to an activating group) is 1. The van der Waals surface area contributed by atoms with E-state index in [2.05, 4.69) is 22.3 Å². The van der Waals surface area contributed by atoms with E-state index in [1.165, 1.54) is 5.56 Å². The zero-order valence-corrected chi connectivity index (χ0v) is 17.0. The molecule has 0 bridgehead atoms. The number of amides is 1. The number of carbonyl (C=O) groups excluding carboxylic acids is 2. The molecule has 0 heterocycles. The minimum atomic E-state index is -0.0980. The van der Waals surface area contributed by atoms with Gasteiger partial charge in [0.1, 0.15) is 5.75 Å². The number of hydrogen-bond acceptors (Lipinski definition) is 4. The second kappa shape index (κ2) is 11.2. The lowest BCUT2D eigenvalue weighted by Crippen LogP contribution is -2.41. The summed E-state index contributed by atoms with van der Waals surface area (Å²) in [6, 6.07) is 17.5. The highest BCUT2D eigenvalue weighted by molar-refractivity contribution is 5.98. The van der Waals surface area contributed by atoms with Gasteiger partial charge in [0.15, 0.2) is 5.78 Å². The third-order valence-electron chi connectivity index (χ3n) is 4.65. The predicted molar refractivity (Wildman–Crippen MR) is 112 cm³/mol. The summed E-state index contributed by atoms with van der Waals surface area (Å²) in [5.41, 5.74) is 1.84. The molecule has 2 aromatic rings. The van der Waals surface area contributed by atoms with Gasteiger partial charge in [-0.25, -0.2) is 0 Å². The van der Waals surface area contributed by atoms with Gasteiger partial charge in [0.25, 0.3) is 0 Å². The van der Waals surface area contributed by atoms with Crippen LogP contribution >= 0.6 is 0 Å². The molecule has 0 saturated heterocycles. The van der Waals surface area contributed by atoms with Crippen LogP contribution in [0, 0.1) is 0 Å². The Hall–Kier alpha value is -2.66. The van der Waals surface area contributed by atoms with Crippen molar-refractivity contribution in [1.82, 2.24) is 10.2 Å². The van der Waals surface area contributed by atoms with E-state index in [9.17, 15) is 9.59 Å². The van der Waals surface area contributed by atoms with Crippen LogP contribution in [0.15, 0.2) is 54.6 Å². The van der Waals surface area contributed by atoms with Crippen LogP contribution in [0.4, 0.5) is 0 Å². The molecule has 0 aliphatic rings. The molecule has 28 heavy (non-hydrogen) atoms. The molecule has 1 atom stereocenters. The summed E-state index contributed by atoms with van der Waals surface area (Å²) >= 11 is 0. The second-order valence-corrected chi connectivity index (χ2v) is 6.99. The highest BCUT2D eigenvalue weighted by Crippen LogP contribution is 2.14. The van der Waals surface area contributed by atoms with E-state index in [-0.39, 0.29) is 30.6 Å². The fourth-order valence-electron chi connectivity index (χ4n) is 2.92. The molecule has 1 unspecified atom stereocenters. The Morgan fingerprint density at radius 1 is 1.00 bits per heavy atom. The van der Waals surface area contributed by atoms with Crippen molar-refractivity contribution >= 4 is 11.7 Å². The van der Waals surface area contributed by atoms with Crippen LogP contribution in [0.5, 0.6) is 5.75 Å². The zero-order valence-electron chi connectivity index (χ0n) is 17.0. The second-order valence-electron chi connectivity index (χ2n) is 6.99. The number of ether oxygens (including phenoxy) is 1. The number of ketones is 1. The molecule has 5 nitrogen and oxygen atoms in total. The van der Waals surface area contributed by atoms with Crippen LogP contribution in [-0.2, 0) is 11.2 Å². The van der Waals surface area contributed by atoms with Crippen LogP contribution in [-0.4, -0.2) is 49.9 Å². The monoisotopic (exact) mass is 382 g/mol. The topological polar surface area (TPSA) is 58.6 Å². The van der Waals surface area contributed by atoms with Crippen LogP contribution in [0.3, 0.4) is 0 Å². The van der Waals surface area contributed by atoms with Crippen molar-refractivity contribution in [2.24, 2.45) is 0 Å². The van der Waals surface area contributed by atoms with Crippen LogP contribution in [0.25, 0.3) is 0 Å². The fraction of sp³-hybridized carbons (Fsp3) is 0.391. The lowest BCUT2D eigenvalue weighted by molar-refractivity contribution is -0.121. The first-order valence-corrected chi connectivity index (χ1v) is 9.72. The maximum Gasteiger partial charge on any atom is 0.220 e. The highest BCUT2D eigenvalue weighted by atomic mass is 16.5. The number of Topliss-reactive ketones (excluding diaryl/α,β-unsaturated/α-hetero) is 1. The van der Waals surface area contributed by atoms with Crippen molar-refractivity contribution < 1.29 is 14.3 Å². The molecule has 1 N–H and O–H groups in total. The number of nitrogens with one attached hydrogen (secondary N) is 1. The average molecular weight is 383 g/mol. The molecule has 150 valence electrons. The highest BCUT2D eigenvalue weighted by Gasteiger charge is 2.15. The molecule has 0 aliphatic carbocycles. The van der Waals surface area contributed by atoms with Crippen molar-refractivity contribution in [2.45, 2.75) is 32.2 Å². The van der Waals surface area contributed by atoms with Crippen molar-refractivity contribution in [2.75, 3.05) is 27.2 Å². The third kappa shape index (κ3) is 7.16. The minimum absolute atomic E-state index is 0.0355. The molecule has 0 aromatic heterocycles. The van der Waals surface area contributed by atoms with E-state index in [0.29, 0.717) is 18.7 Å². The third-order valence-corrected chi connectivity index (χ3v) is 4.65. The quantitative estimate of drug-likeness (QED) is 0.606. The lowest BCUT2D eigenvalue weighted by Gasteiger charge is -2.24. The predicted octanol–water partition coefficient (Wildman–Crippen LogP) is 3.34. The molecular weight excluding hydrogens is 352 g/mol. The first kappa shape index (κ1) is 21.6. The molecule has 0 spiro atoms. The van der Waals surface area contributed by atoms with E-state index in [4.69, 9.17) is 4.74 Å². The Labute approximate surface area is 167 Å². The smallest absolute Gasteiger partial charge is 0.220 e. The first-order chi connectivity index (χ1) is 13.5. The summed E-state index contributed by atoms with van der Waals surface area (Å²) in [7, 11) is 4.02. The van der Waals surface area contributed by atoms with Crippen LogP contribution in [0.1, 0.15) is 35.7 Å². The number of rotatable bonds is 11. The van der Waals surface area contributed by atoms with Gasteiger partial charge in [0.05, 0.1) is 6.61 Å². The first-order valence-electron chi connectivity index (χ1n) is 9.72. The maximum absolute atomic E-state index is 12.3. The van der Waals surface area contributed by atoms with Gasteiger partial charge in [-0.3, -0.25) is 9.59 Å². The molecule has 0 fully saturated rings. The Morgan fingerprint density at radius 3 is 2.29 bits per heavy atom. The summed E-state index contributed by atoms with van der Waals surface area (Å²) in [6.45, 7) is 3.06. The summed E-state index contributed by atoms with van der Waals surface area (Å²) in [4.78, 5) is 26.6. The average Bonchev–Trinajstić information content (AvgIpc) is 2.70. The Morgan fingerprint density at radius 2 is 1.68 bits per heavy atom. The normalized spacial score (nSPS) is 11.9. The standard InChI is InChI=1S/C23H30N2O3/c1-4-28-21-12-10-19(11-13-21)22(26)14-15-23(27)24-17-20(25(2)3)16-18-8-6-5-7-9-18/h5-13,20H,4,14-17H2,1-3H3,(H,24,27). The van der Waals surface area contributed by atoms with Crippen molar-refractivity contribution in [3.8, 4) is 5.75 Å². The number of nitrogens with zero attached hydrogens (tertiary/aromatic N) is 1. The van der Waals surface area contributed by atoms with E-state index in [0.717, 1.165) is 12.2 Å². The van der Waals surface area contributed by atoms with Crippen molar-refractivity contribution in [3.05, 3.63) is 65.7 Å². The fourth-order valence-corrected chi connectivity index (χ4v) is 2.92. The zero-order chi connectivity index (χ0) is 20.4. The molecule has 5 heteroatoms. The largest absolute Gasteiger partial charge is 0.494 e. The van der Waals surface area contributed by atoms with Gasteiger partial charge in [0.2, 0.25) is 5.91 Å². The number of hydrogen-bond donors (Lipinski definition) is 1. The molecule has 0 radical (unpaired) electrons. The van der Waals surface area contributed by atoms with Crippen LogP contribution in [0.2, 0.25) is 0 Å². The molecule has 2 rings (SSSR count). The number of benzene rings is 2. The molecule has 0 saturated carbocycles. The Bertz CT molecular complexity index is 742. The van der Waals surface area contributed by atoms with Gasteiger partial charge in [-0.05, 0) is 57.3 Å². The van der Waals surface area contributed by atoms with Gasteiger partial charge in [-0.1, -0.05) is 30.3 Å². The summed E-state index contributed by atoms with van der Waals surface area (Å²) in [5, 5.41) is 2.96.